The molecule has 0 bridgehead atoms. The van der Waals surface area contributed by atoms with Gasteiger partial charge in [-0.2, -0.15) is 0 Å². The standard InChI is InChI=1S/C19H33NO/c1-5-20-15-19(10-12-21-11-9-16(2)3)14-18-8-6-7-17(4)13-18/h6-8,13,16,19-20H,5,9-12,14-15H2,1-4H3. The molecule has 0 aliphatic carbocycles. The SMILES string of the molecule is CCNCC(CCOCCC(C)C)Cc1cccc(C)c1. The van der Waals surface area contributed by atoms with E-state index >= 15 is 0 Å². The van der Waals surface area contributed by atoms with Gasteiger partial charge in [0.05, 0.1) is 0 Å². The second-order valence-electron chi connectivity index (χ2n) is 6.45. The molecule has 0 saturated carbocycles. The Morgan fingerprint density at radius 1 is 1.14 bits per heavy atom. The van der Waals surface area contributed by atoms with E-state index in [0.717, 1.165) is 51.5 Å². The molecule has 120 valence electrons. The van der Waals surface area contributed by atoms with Crippen molar-refractivity contribution in [2.75, 3.05) is 26.3 Å². The molecule has 0 radical (unpaired) electrons. The Morgan fingerprint density at radius 2 is 1.90 bits per heavy atom. The highest BCUT2D eigenvalue weighted by Crippen LogP contribution is 2.14. The van der Waals surface area contributed by atoms with Crippen molar-refractivity contribution in [3.05, 3.63) is 35.4 Å². The first-order valence-corrected chi connectivity index (χ1v) is 8.45. The summed E-state index contributed by atoms with van der Waals surface area (Å²) in [6.07, 6.45) is 3.44. The van der Waals surface area contributed by atoms with Crippen LogP contribution in [0.2, 0.25) is 0 Å². The van der Waals surface area contributed by atoms with Gasteiger partial charge in [-0.05, 0) is 56.7 Å². The molecule has 0 aliphatic heterocycles. The van der Waals surface area contributed by atoms with Crippen LogP contribution in [0.4, 0.5) is 0 Å². The maximum absolute atomic E-state index is 5.79. The van der Waals surface area contributed by atoms with Crippen LogP contribution < -0.4 is 5.32 Å². The van der Waals surface area contributed by atoms with Gasteiger partial charge in [0.15, 0.2) is 0 Å². The maximum atomic E-state index is 5.79. The molecule has 2 nitrogen and oxygen atoms in total. The summed E-state index contributed by atoms with van der Waals surface area (Å²) >= 11 is 0. The van der Waals surface area contributed by atoms with Gasteiger partial charge in [0.1, 0.15) is 0 Å². The van der Waals surface area contributed by atoms with Crippen LogP contribution in [-0.4, -0.2) is 26.3 Å². The fraction of sp³-hybridized carbons (Fsp3) is 0.684. The zero-order valence-corrected chi connectivity index (χ0v) is 14.3. The first kappa shape index (κ1) is 18.2. The first-order valence-electron chi connectivity index (χ1n) is 8.45. The highest BCUT2D eigenvalue weighted by molar-refractivity contribution is 5.22. The Kier molecular flexibility index (Phi) is 9.36. The second kappa shape index (κ2) is 10.8. The second-order valence-corrected chi connectivity index (χ2v) is 6.45. The molecule has 0 aromatic heterocycles. The van der Waals surface area contributed by atoms with Crippen LogP contribution in [0.25, 0.3) is 0 Å². The van der Waals surface area contributed by atoms with E-state index in [1.54, 1.807) is 0 Å². The molecule has 21 heavy (non-hydrogen) atoms. The highest BCUT2D eigenvalue weighted by Gasteiger charge is 2.10. The Labute approximate surface area is 131 Å². The van der Waals surface area contributed by atoms with Crippen LogP contribution in [0.1, 0.15) is 44.7 Å². The molecule has 1 atom stereocenters. The van der Waals surface area contributed by atoms with Crippen LogP contribution in [0.15, 0.2) is 24.3 Å². The van der Waals surface area contributed by atoms with Gasteiger partial charge in [0.25, 0.3) is 0 Å². The smallest absolute Gasteiger partial charge is 0.0469 e. The van der Waals surface area contributed by atoms with Crippen LogP contribution in [-0.2, 0) is 11.2 Å². The number of rotatable bonds is 11. The molecule has 0 saturated heterocycles. The monoisotopic (exact) mass is 291 g/mol. The number of ether oxygens (including phenoxy) is 1. The summed E-state index contributed by atoms with van der Waals surface area (Å²) < 4.78 is 5.79. The maximum Gasteiger partial charge on any atom is 0.0469 e. The summed E-state index contributed by atoms with van der Waals surface area (Å²) in [4.78, 5) is 0. The molecule has 0 aliphatic rings. The molecular formula is C19H33NO. The third-order valence-corrected chi connectivity index (χ3v) is 3.80. The lowest BCUT2D eigenvalue weighted by Crippen LogP contribution is -2.25. The summed E-state index contributed by atoms with van der Waals surface area (Å²) in [5.41, 5.74) is 2.79. The molecule has 1 unspecified atom stereocenters. The van der Waals surface area contributed by atoms with Crippen molar-refractivity contribution in [3.63, 3.8) is 0 Å². The summed E-state index contributed by atoms with van der Waals surface area (Å²) in [6.45, 7) is 12.7. The fourth-order valence-electron chi connectivity index (χ4n) is 2.47. The van der Waals surface area contributed by atoms with E-state index < -0.39 is 0 Å². The topological polar surface area (TPSA) is 21.3 Å². The number of nitrogens with one attached hydrogen (secondary N) is 1. The lowest BCUT2D eigenvalue weighted by molar-refractivity contribution is 0.110. The molecule has 0 fully saturated rings. The molecule has 1 aromatic rings. The Hall–Kier alpha value is -0.860. The minimum absolute atomic E-state index is 0.658. The molecule has 0 amide bonds. The Bertz CT molecular complexity index is 376. The molecule has 0 heterocycles. The van der Waals surface area contributed by atoms with Crippen molar-refractivity contribution in [3.8, 4) is 0 Å². The number of hydrogen-bond donors (Lipinski definition) is 1. The van der Waals surface area contributed by atoms with Crippen molar-refractivity contribution in [2.24, 2.45) is 11.8 Å². The third kappa shape index (κ3) is 8.90. The van der Waals surface area contributed by atoms with Gasteiger partial charge in [-0.3, -0.25) is 0 Å². The Morgan fingerprint density at radius 3 is 2.57 bits per heavy atom. The summed E-state index contributed by atoms with van der Waals surface area (Å²) in [5, 5.41) is 3.49. The quantitative estimate of drug-likeness (QED) is 0.616. The number of aryl methyl sites for hydroxylation is 1. The van der Waals surface area contributed by atoms with Gasteiger partial charge in [0, 0.05) is 13.2 Å². The molecule has 1 rings (SSSR count). The van der Waals surface area contributed by atoms with Crippen LogP contribution in [0, 0.1) is 18.8 Å². The van der Waals surface area contributed by atoms with E-state index in [2.05, 4.69) is 57.3 Å². The summed E-state index contributed by atoms with van der Waals surface area (Å²) in [7, 11) is 0. The van der Waals surface area contributed by atoms with E-state index in [1.807, 2.05) is 0 Å². The zero-order valence-electron chi connectivity index (χ0n) is 14.3. The van der Waals surface area contributed by atoms with E-state index in [4.69, 9.17) is 4.74 Å². The summed E-state index contributed by atoms with van der Waals surface area (Å²) in [5.74, 6) is 1.39. The lowest BCUT2D eigenvalue weighted by atomic mass is 9.95. The minimum atomic E-state index is 0.658. The van der Waals surface area contributed by atoms with Crippen molar-refractivity contribution >= 4 is 0 Å². The van der Waals surface area contributed by atoms with Crippen LogP contribution >= 0.6 is 0 Å². The number of benzene rings is 1. The van der Waals surface area contributed by atoms with Crippen molar-refractivity contribution < 1.29 is 4.74 Å². The van der Waals surface area contributed by atoms with Crippen molar-refractivity contribution in [1.82, 2.24) is 5.32 Å². The zero-order chi connectivity index (χ0) is 15.5. The normalized spacial score (nSPS) is 12.8. The lowest BCUT2D eigenvalue weighted by Gasteiger charge is -2.18. The first-order chi connectivity index (χ1) is 10.1. The van der Waals surface area contributed by atoms with Crippen LogP contribution in [0.5, 0.6) is 0 Å². The molecule has 2 heteroatoms. The molecule has 0 spiro atoms. The van der Waals surface area contributed by atoms with Gasteiger partial charge >= 0.3 is 0 Å². The summed E-state index contributed by atoms with van der Waals surface area (Å²) in [6, 6.07) is 8.87. The van der Waals surface area contributed by atoms with Crippen molar-refractivity contribution in [2.45, 2.75) is 47.0 Å². The predicted octanol–water partition coefficient (Wildman–Crippen LogP) is 4.22. The largest absolute Gasteiger partial charge is 0.381 e. The molecule has 1 N–H and O–H groups in total. The minimum Gasteiger partial charge on any atom is -0.381 e. The average molecular weight is 291 g/mol. The Balaban J connectivity index is 2.36. The van der Waals surface area contributed by atoms with Gasteiger partial charge in [-0.15, -0.1) is 0 Å². The van der Waals surface area contributed by atoms with E-state index in [0.29, 0.717) is 5.92 Å². The fourth-order valence-corrected chi connectivity index (χ4v) is 2.47. The molecule has 1 aromatic carbocycles. The van der Waals surface area contributed by atoms with E-state index in [9.17, 15) is 0 Å². The van der Waals surface area contributed by atoms with Gasteiger partial charge in [0.2, 0.25) is 0 Å². The average Bonchev–Trinajstić information content (AvgIpc) is 2.43. The predicted molar refractivity (Wildman–Crippen MR) is 91.8 cm³/mol. The van der Waals surface area contributed by atoms with Crippen molar-refractivity contribution in [1.29, 1.82) is 0 Å². The highest BCUT2D eigenvalue weighted by atomic mass is 16.5. The molecular weight excluding hydrogens is 258 g/mol. The van der Waals surface area contributed by atoms with Gasteiger partial charge in [-0.1, -0.05) is 50.6 Å². The van der Waals surface area contributed by atoms with Gasteiger partial charge < -0.3 is 10.1 Å². The van der Waals surface area contributed by atoms with Crippen LogP contribution in [0.3, 0.4) is 0 Å². The van der Waals surface area contributed by atoms with E-state index in [-0.39, 0.29) is 0 Å². The number of hydrogen-bond acceptors (Lipinski definition) is 2. The van der Waals surface area contributed by atoms with Gasteiger partial charge in [-0.25, -0.2) is 0 Å². The third-order valence-electron chi connectivity index (χ3n) is 3.80. The van der Waals surface area contributed by atoms with E-state index in [1.165, 1.54) is 11.1 Å².